The Morgan fingerprint density at radius 3 is 2.35 bits per heavy atom. The molecule has 0 unspecified atom stereocenters. The number of aliphatic hydroxyl groups is 1. The minimum atomic E-state index is -1.01. The number of aromatic hydroxyl groups is 1. The number of carbonyl (C=O) groups excluding carboxylic acids is 1. The first-order valence-corrected chi connectivity index (χ1v) is 15.3. The topological polar surface area (TPSA) is 137 Å². The summed E-state index contributed by atoms with van der Waals surface area (Å²) >= 11 is 6.37. The summed E-state index contributed by atoms with van der Waals surface area (Å²) in [4.78, 5) is 43.3. The lowest BCUT2D eigenvalue weighted by Crippen LogP contribution is -2.25. The van der Waals surface area contributed by atoms with Gasteiger partial charge in [-0.1, -0.05) is 88.4 Å². The minimum Gasteiger partial charge on any atom is -0.491 e. The van der Waals surface area contributed by atoms with Crippen LogP contribution in [0.3, 0.4) is 0 Å². The molecule has 0 fully saturated rings. The molecule has 0 atom stereocenters. The second-order valence-electron chi connectivity index (χ2n) is 10.5. The van der Waals surface area contributed by atoms with Gasteiger partial charge in [-0.25, -0.2) is 19.1 Å². The Kier molecular flexibility index (Phi) is 11.6. The average molecular weight is 612 g/mol. The van der Waals surface area contributed by atoms with Crippen LogP contribution in [0.5, 0.6) is 5.88 Å². The number of esters is 1. The number of hydrogen-bond acceptors (Lipinski definition) is 8. The molecule has 11 heteroatoms. The van der Waals surface area contributed by atoms with Gasteiger partial charge in [0.15, 0.2) is 5.82 Å². The molecular formula is C32H38ClN3O7. The van der Waals surface area contributed by atoms with E-state index in [4.69, 9.17) is 20.8 Å². The summed E-state index contributed by atoms with van der Waals surface area (Å²) in [6, 6.07) is 10.8. The van der Waals surface area contributed by atoms with Crippen molar-refractivity contribution in [2.24, 2.45) is 0 Å². The number of carbonyl (C=O) groups is 1. The molecule has 0 saturated heterocycles. The van der Waals surface area contributed by atoms with E-state index in [2.05, 4.69) is 11.9 Å². The van der Waals surface area contributed by atoms with Crippen molar-refractivity contribution in [2.45, 2.75) is 77.7 Å². The quantitative estimate of drug-likeness (QED) is 0.112. The van der Waals surface area contributed by atoms with Gasteiger partial charge in [-0.15, -0.1) is 0 Å². The Hall–Kier alpha value is -3.89. The number of aliphatic hydroxyl groups excluding tert-OH is 1. The van der Waals surface area contributed by atoms with Crippen molar-refractivity contribution < 1.29 is 24.2 Å². The molecule has 0 aliphatic carbocycles. The Balaban J connectivity index is 1.48. The molecule has 0 saturated carbocycles. The molecule has 4 rings (SSSR count). The van der Waals surface area contributed by atoms with Crippen molar-refractivity contribution in [1.29, 1.82) is 0 Å². The van der Waals surface area contributed by atoms with E-state index in [9.17, 15) is 24.6 Å². The summed E-state index contributed by atoms with van der Waals surface area (Å²) in [5.41, 5.74) is -0.0303. The molecule has 2 N–H and O–H groups in total. The maximum atomic E-state index is 13.1. The zero-order valence-corrected chi connectivity index (χ0v) is 25.1. The molecule has 2 aromatic carbocycles. The summed E-state index contributed by atoms with van der Waals surface area (Å²) < 4.78 is 12.7. The summed E-state index contributed by atoms with van der Waals surface area (Å²) in [6.07, 6.45) is 11.7. The summed E-state index contributed by atoms with van der Waals surface area (Å²) in [5, 5.41) is 21.0. The number of fused-ring (bicyclic) bond motifs is 1. The van der Waals surface area contributed by atoms with Crippen LogP contribution in [0.25, 0.3) is 28.2 Å². The molecule has 0 bridgehead atoms. The number of unbranched alkanes of at least 4 members (excludes halogenated alkanes) is 9. The average Bonchev–Trinajstić information content (AvgIpc) is 3.30. The van der Waals surface area contributed by atoms with Crippen LogP contribution in [0.4, 0.5) is 0 Å². The first-order chi connectivity index (χ1) is 20.9. The predicted molar refractivity (Wildman–Crippen MR) is 165 cm³/mol. The van der Waals surface area contributed by atoms with E-state index in [1.54, 1.807) is 24.3 Å². The van der Waals surface area contributed by atoms with Gasteiger partial charge in [-0.05, 0) is 36.8 Å². The van der Waals surface area contributed by atoms with Crippen molar-refractivity contribution in [3.63, 3.8) is 0 Å². The standard InChI is InChI=1S/C32H38ClN3O7/c1-2-3-4-5-6-7-8-9-10-13-20-42-31(40)22-16-17-24(33)26(21-22)36-30(39)27(43-32(36)41)28-34-25-15-12-11-14-23(25)29(38)35(28)18-19-37/h11-12,14-17,21,37,39H,2-10,13,18-20H2,1H3. The molecule has 0 radical (unpaired) electrons. The van der Waals surface area contributed by atoms with Crippen LogP contribution < -0.4 is 11.3 Å². The van der Waals surface area contributed by atoms with Crippen LogP contribution in [0.1, 0.15) is 81.5 Å². The van der Waals surface area contributed by atoms with Gasteiger partial charge in [0.25, 0.3) is 5.56 Å². The molecule has 2 aromatic heterocycles. The molecule has 230 valence electrons. The lowest BCUT2D eigenvalue weighted by molar-refractivity contribution is 0.0497. The van der Waals surface area contributed by atoms with Gasteiger partial charge in [-0.3, -0.25) is 9.36 Å². The van der Waals surface area contributed by atoms with E-state index in [1.807, 2.05) is 0 Å². The monoisotopic (exact) mass is 611 g/mol. The molecule has 0 aliphatic heterocycles. The Bertz CT molecular complexity index is 1660. The van der Waals surface area contributed by atoms with Gasteiger partial charge < -0.3 is 19.4 Å². The molecule has 43 heavy (non-hydrogen) atoms. The molecule has 4 aromatic rings. The summed E-state index contributed by atoms with van der Waals surface area (Å²) in [7, 11) is 0. The SMILES string of the molecule is CCCCCCCCCCCCOC(=O)c1ccc(Cl)c(-n2c(O)c(-c3nc4ccccc4c(=O)n3CCO)oc2=O)c1. The zero-order valence-electron chi connectivity index (χ0n) is 24.4. The van der Waals surface area contributed by atoms with Crippen molar-refractivity contribution >= 4 is 28.5 Å². The first-order valence-electron chi connectivity index (χ1n) is 14.9. The lowest BCUT2D eigenvalue weighted by atomic mass is 10.1. The van der Waals surface area contributed by atoms with Crippen molar-refractivity contribution in [1.82, 2.24) is 14.1 Å². The van der Waals surface area contributed by atoms with E-state index >= 15 is 0 Å². The van der Waals surface area contributed by atoms with Crippen molar-refractivity contribution in [3.8, 4) is 23.2 Å². The maximum absolute atomic E-state index is 13.1. The number of aromatic nitrogens is 3. The number of ether oxygens (including phenoxy) is 1. The molecule has 2 heterocycles. The number of halogens is 1. The summed E-state index contributed by atoms with van der Waals surface area (Å²) in [5.74, 6) is -2.79. The van der Waals surface area contributed by atoms with Gasteiger partial charge >= 0.3 is 11.7 Å². The summed E-state index contributed by atoms with van der Waals surface area (Å²) in [6.45, 7) is 1.94. The normalized spacial score (nSPS) is 11.3. The molecule has 10 nitrogen and oxygen atoms in total. The zero-order chi connectivity index (χ0) is 30.8. The lowest BCUT2D eigenvalue weighted by Gasteiger charge is -2.11. The van der Waals surface area contributed by atoms with Crippen molar-refractivity contribution in [3.05, 3.63) is 74.0 Å². The highest BCUT2D eigenvalue weighted by Crippen LogP contribution is 2.32. The van der Waals surface area contributed by atoms with E-state index in [0.717, 1.165) is 28.4 Å². The molecule has 0 aliphatic rings. The Morgan fingerprint density at radius 1 is 0.977 bits per heavy atom. The van der Waals surface area contributed by atoms with Gasteiger partial charge in [0.2, 0.25) is 11.6 Å². The van der Waals surface area contributed by atoms with Crippen LogP contribution in [0, 0.1) is 0 Å². The highest BCUT2D eigenvalue weighted by Gasteiger charge is 2.26. The number of oxazole rings is 1. The van der Waals surface area contributed by atoms with Gasteiger partial charge in [0, 0.05) is 0 Å². The van der Waals surface area contributed by atoms with E-state index in [-0.39, 0.29) is 41.0 Å². The van der Waals surface area contributed by atoms with Gasteiger partial charge in [0.05, 0.1) is 46.9 Å². The smallest absolute Gasteiger partial charge is 0.427 e. The number of benzene rings is 2. The highest BCUT2D eigenvalue weighted by atomic mass is 35.5. The van der Waals surface area contributed by atoms with Crippen LogP contribution in [-0.2, 0) is 11.3 Å². The number of para-hydroxylation sites is 1. The number of hydrogen-bond donors (Lipinski definition) is 2. The van der Waals surface area contributed by atoms with Crippen molar-refractivity contribution in [2.75, 3.05) is 13.2 Å². The van der Waals surface area contributed by atoms with Crippen LogP contribution in [-0.4, -0.2) is 43.5 Å². The third kappa shape index (κ3) is 7.74. The van der Waals surface area contributed by atoms with E-state index in [0.29, 0.717) is 10.9 Å². The second kappa shape index (κ2) is 15.5. The Morgan fingerprint density at radius 2 is 1.65 bits per heavy atom. The third-order valence-electron chi connectivity index (χ3n) is 7.33. The fourth-order valence-electron chi connectivity index (χ4n) is 5.02. The van der Waals surface area contributed by atoms with E-state index < -0.39 is 29.8 Å². The van der Waals surface area contributed by atoms with E-state index in [1.165, 1.54) is 63.1 Å². The van der Waals surface area contributed by atoms with Crippen LogP contribution in [0.15, 0.2) is 56.5 Å². The fourth-order valence-corrected chi connectivity index (χ4v) is 5.22. The largest absolute Gasteiger partial charge is 0.491 e. The van der Waals surface area contributed by atoms with Crippen LogP contribution in [0.2, 0.25) is 5.02 Å². The Labute approximate surface area is 254 Å². The number of rotatable bonds is 16. The molecule has 0 spiro atoms. The maximum Gasteiger partial charge on any atom is 0.427 e. The van der Waals surface area contributed by atoms with Gasteiger partial charge in [-0.2, -0.15) is 0 Å². The first kappa shape index (κ1) is 32.0. The molecular weight excluding hydrogens is 574 g/mol. The van der Waals surface area contributed by atoms with Crippen LogP contribution >= 0.6 is 11.6 Å². The highest BCUT2D eigenvalue weighted by molar-refractivity contribution is 6.32. The predicted octanol–water partition coefficient (Wildman–Crippen LogP) is 6.24. The third-order valence-corrected chi connectivity index (χ3v) is 7.65. The number of nitrogens with zero attached hydrogens (tertiary/aromatic N) is 3. The minimum absolute atomic E-state index is 0.00982. The van der Waals surface area contributed by atoms with Gasteiger partial charge in [0.1, 0.15) is 0 Å². The second-order valence-corrected chi connectivity index (χ2v) is 10.9. The molecule has 0 amide bonds. The fraction of sp³-hybridized carbons (Fsp3) is 0.438.